The van der Waals surface area contributed by atoms with Gasteiger partial charge in [0.25, 0.3) is 5.91 Å². The molecule has 0 fully saturated rings. The van der Waals surface area contributed by atoms with Crippen molar-refractivity contribution in [1.82, 2.24) is 5.32 Å². The van der Waals surface area contributed by atoms with Gasteiger partial charge in [0.05, 0.1) is 13.7 Å². The lowest BCUT2D eigenvalue weighted by atomic mass is 10.2. The highest BCUT2D eigenvalue weighted by Crippen LogP contribution is 2.27. The average molecular weight is 253 g/mol. The molecule has 0 aliphatic rings. The number of hydrogen-bond acceptors (Lipinski definition) is 4. The smallest absolute Gasteiger partial charge is 0.261 e. The summed E-state index contributed by atoms with van der Waals surface area (Å²) in [6, 6.07) is 7.17. The third-order valence-electron chi connectivity index (χ3n) is 2.41. The highest BCUT2D eigenvalue weighted by molar-refractivity contribution is 5.81. The van der Waals surface area contributed by atoms with Crippen LogP contribution in [0.2, 0.25) is 0 Å². The molecule has 5 heteroatoms. The van der Waals surface area contributed by atoms with Crippen molar-refractivity contribution < 1.29 is 19.4 Å². The van der Waals surface area contributed by atoms with E-state index < -0.39 is 6.10 Å². The SMILES string of the molecule is CCC(Oc1ccccc1OC)C(=O)NCCO. The van der Waals surface area contributed by atoms with Crippen LogP contribution in [0.4, 0.5) is 0 Å². The van der Waals surface area contributed by atoms with E-state index in [1.165, 1.54) is 0 Å². The number of benzene rings is 1. The summed E-state index contributed by atoms with van der Waals surface area (Å²) in [6.07, 6.45) is -0.0529. The summed E-state index contributed by atoms with van der Waals surface area (Å²) in [7, 11) is 1.55. The molecule has 1 aromatic rings. The molecule has 1 rings (SSSR count). The predicted octanol–water partition coefficient (Wildman–Crippen LogP) is 0.961. The summed E-state index contributed by atoms with van der Waals surface area (Å²) in [4.78, 5) is 11.7. The normalized spacial score (nSPS) is 11.7. The molecule has 1 aromatic carbocycles. The van der Waals surface area contributed by atoms with E-state index in [4.69, 9.17) is 14.6 Å². The van der Waals surface area contributed by atoms with Crippen molar-refractivity contribution in [2.75, 3.05) is 20.3 Å². The fourth-order valence-corrected chi connectivity index (χ4v) is 1.48. The van der Waals surface area contributed by atoms with Crippen LogP contribution in [0, 0.1) is 0 Å². The zero-order valence-corrected chi connectivity index (χ0v) is 10.7. The summed E-state index contributed by atoms with van der Waals surface area (Å²) in [5.41, 5.74) is 0. The number of carbonyl (C=O) groups excluding carboxylic acids is 1. The third kappa shape index (κ3) is 3.92. The number of methoxy groups -OCH3 is 1. The molecule has 1 amide bonds. The van der Waals surface area contributed by atoms with Crippen LogP contribution in [0.3, 0.4) is 0 Å². The van der Waals surface area contributed by atoms with Crippen molar-refractivity contribution in [1.29, 1.82) is 0 Å². The largest absolute Gasteiger partial charge is 0.493 e. The molecular formula is C13H19NO4. The van der Waals surface area contributed by atoms with Gasteiger partial charge < -0.3 is 19.9 Å². The Morgan fingerprint density at radius 1 is 1.39 bits per heavy atom. The lowest BCUT2D eigenvalue weighted by molar-refractivity contribution is -0.128. The fourth-order valence-electron chi connectivity index (χ4n) is 1.48. The number of para-hydroxylation sites is 2. The van der Waals surface area contributed by atoms with Crippen LogP contribution in [-0.4, -0.2) is 37.4 Å². The number of amides is 1. The molecule has 0 bridgehead atoms. The zero-order valence-electron chi connectivity index (χ0n) is 10.7. The first-order chi connectivity index (χ1) is 8.72. The Morgan fingerprint density at radius 2 is 2.06 bits per heavy atom. The minimum absolute atomic E-state index is 0.0865. The summed E-state index contributed by atoms with van der Waals surface area (Å²) < 4.78 is 10.8. The molecule has 0 saturated heterocycles. The summed E-state index contributed by atoms with van der Waals surface area (Å²) >= 11 is 0. The van der Waals surface area contributed by atoms with Crippen LogP contribution in [0.1, 0.15) is 13.3 Å². The van der Waals surface area contributed by atoms with E-state index in [1.54, 1.807) is 19.2 Å². The second-order valence-corrected chi connectivity index (χ2v) is 3.68. The standard InChI is InChI=1S/C13H19NO4/c1-3-10(13(16)14-8-9-15)18-12-7-5-4-6-11(12)17-2/h4-7,10,15H,3,8-9H2,1-2H3,(H,14,16). The van der Waals surface area contributed by atoms with Gasteiger partial charge in [0.1, 0.15) is 0 Å². The first-order valence-electron chi connectivity index (χ1n) is 5.91. The van der Waals surface area contributed by atoms with Crippen molar-refractivity contribution in [2.24, 2.45) is 0 Å². The summed E-state index contributed by atoms with van der Waals surface area (Å²) in [5, 5.41) is 11.3. The molecule has 100 valence electrons. The Labute approximate surface area is 107 Å². The van der Waals surface area contributed by atoms with E-state index in [9.17, 15) is 4.79 Å². The predicted molar refractivity (Wildman–Crippen MR) is 67.8 cm³/mol. The number of rotatable bonds is 7. The second kappa shape index (κ2) is 7.55. The molecule has 1 unspecified atom stereocenters. The van der Waals surface area contributed by atoms with Crippen LogP contribution in [-0.2, 0) is 4.79 Å². The number of carbonyl (C=O) groups is 1. The Morgan fingerprint density at radius 3 is 2.61 bits per heavy atom. The maximum atomic E-state index is 11.7. The lowest BCUT2D eigenvalue weighted by Gasteiger charge is -2.18. The molecule has 0 aromatic heterocycles. The van der Waals surface area contributed by atoms with Gasteiger partial charge in [0, 0.05) is 6.54 Å². The zero-order chi connectivity index (χ0) is 13.4. The Bertz CT molecular complexity index is 381. The first-order valence-corrected chi connectivity index (χ1v) is 5.91. The molecular weight excluding hydrogens is 234 g/mol. The van der Waals surface area contributed by atoms with E-state index in [0.29, 0.717) is 17.9 Å². The second-order valence-electron chi connectivity index (χ2n) is 3.68. The molecule has 0 heterocycles. The number of aliphatic hydroxyl groups is 1. The van der Waals surface area contributed by atoms with Crippen LogP contribution >= 0.6 is 0 Å². The molecule has 0 aliphatic carbocycles. The van der Waals surface area contributed by atoms with Gasteiger partial charge in [-0.05, 0) is 18.6 Å². The van der Waals surface area contributed by atoms with E-state index in [2.05, 4.69) is 5.32 Å². The monoisotopic (exact) mass is 253 g/mol. The van der Waals surface area contributed by atoms with Gasteiger partial charge in [0.2, 0.25) is 0 Å². The highest BCUT2D eigenvalue weighted by Gasteiger charge is 2.19. The Kier molecular flexibility index (Phi) is 6.00. The Balaban J connectivity index is 2.70. The summed E-state index contributed by atoms with van der Waals surface area (Å²) in [5.74, 6) is 0.884. The van der Waals surface area contributed by atoms with Crippen LogP contribution in [0.5, 0.6) is 11.5 Å². The van der Waals surface area contributed by atoms with Crippen LogP contribution < -0.4 is 14.8 Å². The maximum Gasteiger partial charge on any atom is 0.261 e. The minimum Gasteiger partial charge on any atom is -0.493 e. The first kappa shape index (κ1) is 14.3. The molecule has 1 atom stereocenters. The Hall–Kier alpha value is -1.75. The van der Waals surface area contributed by atoms with Gasteiger partial charge in [-0.1, -0.05) is 19.1 Å². The van der Waals surface area contributed by atoms with Gasteiger partial charge in [-0.3, -0.25) is 4.79 Å². The molecule has 18 heavy (non-hydrogen) atoms. The van der Waals surface area contributed by atoms with Crippen molar-refractivity contribution in [3.63, 3.8) is 0 Å². The van der Waals surface area contributed by atoms with Crippen molar-refractivity contribution in [2.45, 2.75) is 19.4 Å². The van der Waals surface area contributed by atoms with E-state index in [-0.39, 0.29) is 19.1 Å². The summed E-state index contributed by atoms with van der Waals surface area (Å²) in [6.45, 7) is 2.00. The van der Waals surface area contributed by atoms with Gasteiger partial charge in [-0.15, -0.1) is 0 Å². The van der Waals surface area contributed by atoms with Gasteiger partial charge >= 0.3 is 0 Å². The molecule has 2 N–H and O–H groups in total. The van der Waals surface area contributed by atoms with Gasteiger partial charge in [-0.2, -0.15) is 0 Å². The van der Waals surface area contributed by atoms with Crippen LogP contribution in [0.25, 0.3) is 0 Å². The topological polar surface area (TPSA) is 67.8 Å². The highest BCUT2D eigenvalue weighted by atomic mass is 16.5. The van der Waals surface area contributed by atoms with Crippen molar-refractivity contribution in [3.8, 4) is 11.5 Å². The van der Waals surface area contributed by atoms with E-state index in [1.807, 2.05) is 19.1 Å². The van der Waals surface area contributed by atoms with Crippen molar-refractivity contribution >= 4 is 5.91 Å². The maximum absolute atomic E-state index is 11.7. The third-order valence-corrected chi connectivity index (χ3v) is 2.41. The molecule has 0 aliphatic heterocycles. The number of ether oxygens (including phenoxy) is 2. The fraction of sp³-hybridized carbons (Fsp3) is 0.462. The minimum atomic E-state index is -0.590. The molecule has 0 spiro atoms. The lowest BCUT2D eigenvalue weighted by Crippen LogP contribution is -2.39. The van der Waals surface area contributed by atoms with Crippen molar-refractivity contribution in [3.05, 3.63) is 24.3 Å². The van der Waals surface area contributed by atoms with Gasteiger partial charge in [-0.25, -0.2) is 0 Å². The van der Waals surface area contributed by atoms with Gasteiger partial charge in [0.15, 0.2) is 17.6 Å². The molecule has 0 radical (unpaired) electrons. The number of aliphatic hydroxyl groups excluding tert-OH is 1. The molecule has 5 nitrogen and oxygen atoms in total. The van der Waals surface area contributed by atoms with E-state index >= 15 is 0 Å². The number of hydrogen-bond donors (Lipinski definition) is 2. The number of nitrogens with one attached hydrogen (secondary N) is 1. The molecule has 0 saturated carbocycles. The average Bonchev–Trinajstić information content (AvgIpc) is 2.42. The van der Waals surface area contributed by atoms with Crippen LogP contribution in [0.15, 0.2) is 24.3 Å². The van der Waals surface area contributed by atoms with E-state index in [0.717, 1.165) is 0 Å². The quantitative estimate of drug-likeness (QED) is 0.759.